The van der Waals surface area contributed by atoms with Gasteiger partial charge in [0.2, 0.25) is 5.91 Å². The number of benzene rings is 2. The van der Waals surface area contributed by atoms with Crippen molar-refractivity contribution in [2.24, 2.45) is 0 Å². The Morgan fingerprint density at radius 3 is 2.59 bits per heavy atom. The second-order valence-electron chi connectivity index (χ2n) is 7.63. The summed E-state index contributed by atoms with van der Waals surface area (Å²) in [4.78, 5) is 26.2. The molecule has 5 nitrogen and oxygen atoms in total. The number of nitrogens with zero attached hydrogens (tertiary/aromatic N) is 1. The summed E-state index contributed by atoms with van der Waals surface area (Å²) < 4.78 is 0. The zero-order valence-electron chi connectivity index (χ0n) is 18.5. The van der Waals surface area contributed by atoms with Crippen LogP contribution >= 0.6 is 0 Å². The van der Waals surface area contributed by atoms with E-state index in [1.165, 1.54) is 11.1 Å². The number of piperidine rings is 1. The van der Waals surface area contributed by atoms with Gasteiger partial charge in [-0.1, -0.05) is 48.4 Å². The van der Waals surface area contributed by atoms with Crippen molar-refractivity contribution in [2.45, 2.75) is 51.7 Å². The minimum atomic E-state index is -0.947. The molecule has 0 saturated carbocycles. The van der Waals surface area contributed by atoms with Crippen molar-refractivity contribution in [3.8, 4) is 0 Å². The van der Waals surface area contributed by atoms with E-state index in [1.54, 1.807) is 24.3 Å². The number of carboxylic acids is 1. The first-order valence-corrected chi connectivity index (χ1v) is 9.87. The third kappa shape index (κ3) is 6.21. The first-order chi connectivity index (χ1) is 13.4. The van der Waals surface area contributed by atoms with Crippen molar-refractivity contribution in [1.82, 2.24) is 10.2 Å². The van der Waals surface area contributed by atoms with E-state index in [9.17, 15) is 9.59 Å². The number of carbonyl (C=O) groups is 2. The van der Waals surface area contributed by atoms with Crippen LogP contribution in [0.25, 0.3) is 0 Å². The molecule has 1 saturated heterocycles. The molecule has 150 valence electrons. The molecule has 2 atom stereocenters. The third-order valence-electron chi connectivity index (χ3n) is 5.40. The Morgan fingerprint density at radius 2 is 1.93 bits per heavy atom. The van der Waals surface area contributed by atoms with Crippen LogP contribution in [0.15, 0.2) is 48.5 Å². The summed E-state index contributed by atoms with van der Waals surface area (Å²) in [7, 11) is 0. The molecule has 0 aromatic heterocycles. The molecule has 1 aliphatic heterocycles. The van der Waals surface area contributed by atoms with E-state index in [1.807, 2.05) is 6.92 Å². The molecule has 1 fully saturated rings. The molecule has 1 amide bonds. The number of nitrogens with one attached hydrogen (secondary N) is 1. The van der Waals surface area contributed by atoms with E-state index >= 15 is 0 Å². The predicted octanol–water partition coefficient (Wildman–Crippen LogP) is 1.04. The number of carboxylic acid groups (broad SMARTS) is 1. The molecule has 0 spiro atoms. The van der Waals surface area contributed by atoms with E-state index in [2.05, 4.69) is 41.4 Å². The van der Waals surface area contributed by atoms with Crippen LogP contribution in [0.1, 0.15) is 60.7 Å². The van der Waals surface area contributed by atoms with Crippen LogP contribution in [0, 0.1) is 6.92 Å². The van der Waals surface area contributed by atoms with Gasteiger partial charge in [0.1, 0.15) is 0 Å². The number of likely N-dealkylation sites (tertiary alicyclic amines) is 1. The maximum absolute atomic E-state index is 13.0. The summed E-state index contributed by atoms with van der Waals surface area (Å²) >= 11 is 0. The fraction of sp³-hybridized carbons (Fsp3) is 0.391. The van der Waals surface area contributed by atoms with E-state index in [-0.39, 0.29) is 43.8 Å². The van der Waals surface area contributed by atoms with Gasteiger partial charge in [-0.25, -0.2) is 4.79 Å². The van der Waals surface area contributed by atoms with Crippen molar-refractivity contribution in [3.63, 3.8) is 0 Å². The summed E-state index contributed by atoms with van der Waals surface area (Å²) in [6, 6.07) is 14.8. The molecule has 2 aromatic rings. The number of rotatable bonds is 6. The van der Waals surface area contributed by atoms with Gasteiger partial charge in [0.05, 0.1) is 17.6 Å². The number of amides is 1. The van der Waals surface area contributed by atoms with E-state index in [4.69, 9.17) is 5.11 Å². The minimum Gasteiger partial charge on any atom is -1.00 e. The predicted molar refractivity (Wildman–Crippen MR) is 110 cm³/mol. The summed E-state index contributed by atoms with van der Waals surface area (Å²) in [6.45, 7) is 5.72. The van der Waals surface area contributed by atoms with Gasteiger partial charge in [-0.2, -0.15) is 0 Å². The Morgan fingerprint density at radius 1 is 1.21 bits per heavy atom. The topological polar surface area (TPSA) is 69.6 Å². The molecule has 0 aliphatic carbocycles. The molecule has 6 heteroatoms. The van der Waals surface area contributed by atoms with Crippen LogP contribution in [-0.4, -0.2) is 34.5 Å². The first-order valence-electron chi connectivity index (χ1n) is 9.87. The fourth-order valence-electron chi connectivity index (χ4n) is 3.83. The molecule has 1 aliphatic rings. The van der Waals surface area contributed by atoms with Crippen molar-refractivity contribution in [1.29, 1.82) is 0 Å². The first kappa shape index (κ1) is 23.2. The average Bonchev–Trinajstić information content (AvgIpc) is 2.68. The van der Waals surface area contributed by atoms with Gasteiger partial charge in [-0.3, -0.25) is 9.69 Å². The summed E-state index contributed by atoms with van der Waals surface area (Å²) in [5, 5.41) is 12.1. The molecule has 3 rings (SSSR count). The van der Waals surface area contributed by atoms with Crippen molar-refractivity contribution in [2.75, 3.05) is 6.54 Å². The Hall–Kier alpha value is -2.06. The Labute approximate surface area is 186 Å². The summed E-state index contributed by atoms with van der Waals surface area (Å²) in [6.07, 6.45) is 3.04. The maximum Gasteiger partial charge on any atom is 1.00 e. The number of hydrogen-bond acceptors (Lipinski definition) is 3. The zero-order chi connectivity index (χ0) is 20.1. The fourth-order valence-corrected chi connectivity index (χ4v) is 3.83. The Bertz CT molecular complexity index is 845. The Balaban J connectivity index is 0.00000225. The number of hydrogen-bond donors (Lipinski definition) is 2. The van der Waals surface area contributed by atoms with Crippen molar-refractivity contribution >= 4 is 11.9 Å². The van der Waals surface area contributed by atoms with Gasteiger partial charge in [-0.05, 0) is 56.5 Å². The normalized spacial score (nSPS) is 17.8. The molecular formula is C23H29LiN2O3. The largest absolute Gasteiger partial charge is 1.00 e. The van der Waals surface area contributed by atoms with Crippen LogP contribution in [0.5, 0.6) is 0 Å². The van der Waals surface area contributed by atoms with Gasteiger partial charge >= 0.3 is 24.8 Å². The van der Waals surface area contributed by atoms with E-state index in [0.29, 0.717) is 0 Å². The quantitative estimate of drug-likeness (QED) is 0.726. The smallest absolute Gasteiger partial charge is 1.00 e. The van der Waals surface area contributed by atoms with E-state index < -0.39 is 5.97 Å². The minimum absolute atomic E-state index is 0. The van der Waals surface area contributed by atoms with Gasteiger partial charge in [0.15, 0.2) is 0 Å². The monoisotopic (exact) mass is 388 g/mol. The SMILES string of the molecule is Cc1cccc(CN2CCCCC2C(=O)N[C@@H](C)c2ccc(C(=O)O)cc2)c1.[H-].[Li+]. The standard InChI is InChI=1S/C23H28N2O3.Li.H/c1-16-6-5-7-18(14-16)15-25-13-4-3-8-21(25)22(26)24-17(2)19-9-11-20(12-10-19)23(27)28;;/h5-7,9-12,14,17,21H,3-4,8,13,15H2,1-2H3,(H,24,26)(H,27,28);;/q;+1;-1/t17-,21?;;/m0../s1. The molecule has 1 heterocycles. The molecular weight excluding hydrogens is 359 g/mol. The van der Waals surface area contributed by atoms with Crippen LogP contribution in [0.4, 0.5) is 0 Å². The van der Waals surface area contributed by atoms with Gasteiger partial charge in [-0.15, -0.1) is 0 Å². The van der Waals surface area contributed by atoms with Crippen molar-refractivity contribution in [3.05, 3.63) is 70.8 Å². The Kier molecular flexibility index (Phi) is 8.52. The van der Waals surface area contributed by atoms with Gasteiger partial charge in [0, 0.05) is 6.54 Å². The van der Waals surface area contributed by atoms with Gasteiger partial charge in [0.25, 0.3) is 0 Å². The maximum atomic E-state index is 13.0. The van der Waals surface area contributed by atoms with Crippen LogP contribution in [0.2, 0.25) is 0 Å². The van der Waals surface area contributed by atoms with Gasteiger partial charge < -0.3 is 11.8 Å². The molecule has 1 unspecified atom stereocenters. The zero-order valence-corrected chi connectivity index (χ0v) is 17.5. The van der Waals surface area contributed by atoms with Crippen molar-refractivity contribution < 1.29 is 35.0 Å². The second kappa shape index (κ2) is 10.6. The average molecular weight is 388 g/mol. The van der Waals surface area contributed by atoms with Crippen LogP contribution < -0.4 is 24.2 Å². The molecule has 2 aromatic carbocycles. The van der Waals surface area contributed by atoms with Crippen LogP contribution in [0.3, 0.4) is 0 Å². The molecule has 29 heavy (non-hydrogen) atoms. The summed E-state index contributed by atoms with van der Waals surface area (Å²) in [5.74, 6) is -0.903. The summed E-state index contributed by atoms with van der Waals surface area (Å²) in [5.41, 5.74) is 3.62. The third-order valence-corrected chi connectivity index (χ3v) is 5.40. The van der Waals surface area contributed by atoms with E-state index in [0.717, 1.165) is 37.9 Å². The number of aromatic carboxylic acids is 1. The molecule has 0 radical (unpaired) electrons. The van der Waals surface area contributed by atoms with Crippen LogP contribution in [-0.2, 0) is 11.3 Å². The number of carbonyl (C=O) groups excluding carboxylic acids is 1. The number of aryl methyl sites for hydroxylation is 1. The molecule has 0 bridgehead atoms. The molecule has 2 N–H and O–H groups in total. The second-order valence-corrected chi connectivity index (χ2v) is 7.63.